The molecule has 15 rings (SSSR count). The lowest BCUT2D eigenvalue weighted by molar-refractivity contribution is 0.542. The molecule has 0 bridgehead atoms. The molecule has 0 N–H and O–H groups in total. The van der Waals surface area contributed by atoms with Gasteiger partial charge in [0.2, 0.25) is 0 Å². The van der Waals surface area contributed by atoms with E-state index in [-0.39, 0.29) is 37.9 Å². The van der Waals surface area contributed by atoms with E-state index in [1.54, 1.807) is 0 Å². The van der Waals surface area contributed by atoms with Crippen LogP contribution in [0.5, 0.6) is 0 Å². The quantitative estimate of drug-likeness (QED) is 0.149. The maximum atomic E-state index is 2.42. The standard InChI is InChI=1S/2C19H16.C19H32.2C15H24.3C13H12/c1-15-18(16-9-4-2-5-10-16)13-8-14-19(15)17-11-6-3-7-12-17;1-15-12-13-18(16-8-4-2-5-9-16)14-19(15)17-10-6-3-7-11-17;1-13-15(18(5,6)7)11-14(17(2,3)4)12-16(13)19(8,9)10;1-11-8-12(14(2,3)4)10-13(9-11)15(5,6)7;1-11-8-9-12(14(2,3)4)10-13(11)15(5,6)7;1-11-7-5-6-10-13(11)12-8-3-2-4-9-12;1-11-6-5-9-13(10-11)12-7-3-2-4-8-12;1-11-7-9-13(10-8-11)12-5-3-2-4-6-12/h2*2-14H,1H3;11-12H,1-10H3;2*8-10H,1-7H3;3*2-10H,1H3. The minimum Gasteiger partial charge on any atom is -0.0622 e. The molecule has 0 heterocycles. The van der Waals surface area contributed by atoms with Gasteiger partial charge in [0.05, 0.1) is 0 Å². The van der Waals surface area contributed by atoms with Gasteiger partial charge in [-0.3, -0.25) is 0 Å². The molecule has 0 unspecified atom stereocenters. The Bertz CT molecular complexity index is 5620. The van der Waals surface area contributed by atoms with E-state index >= 15 is 0 Å². The van der Waals surface area contributed by atoms with E-state index in [9.17, 15) is 0 Å². The van der Waals surface area contributed by atoms with Gasteiger partial charge in [-0.15, -0.1) is 0 Å². The summed E-state index contributed by atoms with van der Waals surface area (Å²) in [6.07, 6.45) is 0. The summed E-state index contributed by atoms with van der Waals surface area (Å²) in [5, 5.41) is 0. The van der Waals surface area contributed by atoms with Crippen LogP contribution in [-0.2, 0) is 37.9 Å². The number of aryl methyl sites for hydroxylation is 6. The van der Waals surface area contributed by atoms with Gasteiger partial charge >= 0.3 is 0 Å². The van der Waals surface area contributed by atoms with Gasteiger partial charge in [-0.05, 0) is 244 Å². The summed E-state index contributed by atoms with van der Waals surface area (Å²) in [5.74, 6) is 0. The molecule has 0 aliphatic carbocycles. The van der Waals surface area contributed by atoms with Crippen LogP contribution in [0.3, 0.4) is 0 Å². The zero-order valence-electron chi connectivity index (χ0n) is 82.2. The first-order chi connectivity index (χ1) is 59.3. The molecule has 0 heteroatoms. The second-order valence-electron chi connectivity index (χ2n) is 41.2. The molecule has 0 fully saturated rings. The Morgan fingerprint density at radius 3 is 0.786 bits per heavy atom. The lowest BCUT2D eigenvalue weighted by atomic mass is 9.73. The highest BCUT2D eigenvalue weighted by atomic mass is 14.3. The molecule has 0 aliphatic rings. The van der Waals surface area contributed by atoms with E-state index in [0.29, 0.717) is 0 Å². The van der Waals surface area contributed by atoms with Gasteiger partial charge in [0.15, 0.2) is 0 Å². The molecule has 15 aromatic rings. The van der Waals surface area contributed by atoms with Crippen LogP contribution < -0.4 is 0 Å². The molecule has 652 valence electrons. The van der Waals surface area contributed by atoms with Crippen molar-refractivity contribution in [1.82, 2.24) is 0 Å². The van der Waals surface area contributed by atoms with Crippen molar-refractivity contribution in [1.29, 1.82) is 0 Å². The number of hydrogen-bond acceptors (Lipinski definition) is 0. The van der Waals surface area contributed by atoms with E-state index in [1.807, 2.05) is 18.2 Å². The third-order valence-corrected chi connectivity index (χ3v) is 23.1. The van der Waals surface area contributed by atoms with Crippen LogP contribution in [0.25, 0.3) is 77.9 Å². The average molecular weight is 1660 g/mol. The highest BCUT2D eigenvalue weighted by molar-refractivity contribution is 5.79. The topological polar surface area (TPSA) is 0 Å². The van der Waals surface area contributed by atoms with Crippen molar-refractivity contribution in [2.75, 3.05) is 0 Å². The third-order valence-electron chi connectivity index (χ3n) is 23.1. The Labute approximate surface area is 764 Å². The minimum atomic E-state index is 0.200. The Balaban J connectivity index is 0.000000179. The maximum Gasteiger partial charge on any atom is -0.0129 e. The fraction of sp³-hybridized carbons (Fsp3) is 0.286. The second-order valence-corrected chi connectivity index (χ2v) is 41.2. The van der Waals surface area contributed by atoms with E-state index in [0.717, 1.165) is 0 Å². The highest BCUT2D eigenvalue weighted by Gasteiger charge is 2.28. The Morgan fingerprint density at radius 2 is 0.413 bits per heavy atom. The summed E-state index contributed by atoms with van der Waals surface area (Å²) >= 11 is 0. The van der Waals surface area contributed by atoms with Crippen LogP contribution in [0.4, 0.5) is 0 Å². The molecule has 0 atom stereocenters. The zero-order valence-corrected chi connectivity index (χ0v) is 82.2. The van der Waals surface area contributed by atoms with Crippen molar-refractivity contribution >= 4 is 0 Å². The first-order valence-corrected chi connectivity index (χ1v) is 45.5. The molecule has 0 saturated carbocycles. The maximum absolute atomic E-state index is 2.42. The van der Waals surface area contributed by atoms with Crippen molar-refractivity contribution < 1.29 is 0 Å². The lowest BCUT2D eigenvalue weighted by Crippen LogP contribution is -2.23. The van der Waals surface area contributed by atoms with E-state index < -0.39 is 0 Å². The van der Waals surface area contributed by atoms with Crippen molar-refractivity contribution in [3.8, 4) is 77.9 Å². The lowest BCUT2D eigenvalue weighted by Gasteiger charge is -2.32. The molecular weight excluding hydrogens is 1510 g/mol. The van der Waals surface area contributed by atoms with Crippen LogP contribution in [-0.4, -0.2) is 0 Å². The van der Waals surface area contributed by atoms with Crippen molar-refractivity contribution in [3.63, 3.8) is 0 Å². The van der Waals surface area contributed by atoms with E-state index in [1.165, 1.54) is 161 Å². The van der Waals surface area contributed by atoms with Crippen LogP contribution >= 0.6 is 0 Å². The van der Waals surface area contributed by atoms with Crippen LogP contribution in [0, 0.1) is 55.4 Å². The van der Waals surface area contributed by atoms with Crippen LogP contribution in [0.1, 0.15) is 229 Å². The second kappa shape index (κ2) is 44.9. The fourth-order valence-corrected chi connectivity index (χ4v) is 15.5. The molecule has 0 amide bonds. The van der Waals surface area contributed by atoms with Gasteiger partial charge < -0.3 is 0 Å². The van der Waals surface area contributed by atoms with Gasteiger partial charge in [0, 0.05) is 0 Å². The monoisotopic (exact) mass is 1660 g/mol. The summed E-state index contributed by atoms with van der Waals surface area (Å²) < 4.78 is 0. The van der Waals surface area contributed by atoms with Gasteiger partial charge in [-0.25, -0.2) is 0 Å². The van der Waals surface area contributed by atoms with E-state index in [4.69, 9.17) is 0 Å². The molecular formula is C126H148. The first kappa shape index (κ1) is 99.7. The normalized spacial score (nSPS) is 11.4. The predicted molar refractivity (Wildman–Crippen MR) is 558 cm³/mol. The van der Waals surface area contributed by atoms with Crippen molar-refractivity contribution in [2.24, 2.45) is 0 Å². The summed E-state index contributed by atoms with van der Waals surface area (Å²) in [7, 11) is 0. The highest BCUT2D eigenvalue weighted by Crippen LogP contribution is 2.40. The molecule has 15 aromatic carbocycles. The molecule has 0 saturated heterocycles. The SMILES string of the molecule is Cc1c(-c2ccccc2)cccc1-c1ccccc1.Cc1c(C(C)(C)C)cc(C(C)(C)C)cc1C(C)(C)C.Cc1cc(C(C)(C)C)cc(C(C)(C)C)c1.Cc1ccc(-c2ccccc2)cc1.Cc1ccc(-c2ccccc2)cc1-c1ccccc1.Cc1ccc(C(C)(C)C)cc1C(C)(C)C.Cc1cccc(-c2ccccc2)c1.Cc1ccccc1-c1ccccc1. The number of rotatable bonds is 7. The van der Waals surface area contributed by atoms with E-state index in [2.05, 4.69) is 553 Å². The largest absolute Gasteiger partial charge is 0.0622 e. The molecule has 0 radical (unpaired) electrons. The summed E-state index contributed by atoms with van der Waals surface area (Å²) in [6.45, 7) is 65.5. The molecule has 0 aliphatic heterocycles. The number of benzene rings is 15. The van der Waals surface area contributed by atoms with Crippen LogP contribution in [0.2, 0.25) is 0 Å². The zero-order chi connectivity index (χ0) is 92.4. The van der Waals surface area contributed by atoms with Crippen molar-refractivity contribution in [3.05, 3.63) is 454 Å². The van der Waals surface area contributed by atoms with Crippen molar-refractivity contribution in [2.45, 2.75) is 239 Å². The minimum absolute atomic E-state index is 0.200. The molecule has 0 aromatic heterocycles. The molecule has 126 heavy (non-hydrogen) atoms. The number of hydrogen-bond donors (Lipinski definition) is 0. The molecule has 0 spiro atoms. The van der Waals surface area contributed by atoms with Crippen LogP contribution in [0.15, 0.2) is 370 Å². The Morgan fingerprint density at radius 1 is 0.135 bits per heavy atom. The summed E-state index contributed by atoms with van der Waals surface area (Å²) in [4.78, 5) is 0. The Kier molecular flexibility index (Phi) is 35.6. The van der Waals surface area contributed by atoms with Gasteiger partial charge in [-0.1, -0.05) is 526 Å². The van der Waals surface area contributed by atoms with Gasteiger partial charge in [0.25, 0.3) is 0 Å². The third kappa shape index (κ3) is 30.6. The summed E-state index contributed by atoms with van der Waals surface area (Å²) in [6, 6.07) is 131. The average Bonchev–Trinajstić information content (AvgIpc) is 0.716. The smallest absolute Gasteiger partial charge is 0.0129 e. The fourth-order valence-electron chi connectivity index (χ4n) is 15.5. The van der Waals surface area contributed by atoms with Gasteiger partial charge in [-0.2, -0.15) is 0 Å². The molecule has 0 nitrogen and oxygen atoms in total. The Hall–Kier alpha value is -11.7. The first-order valence-electron chi connectivity index (χ1n) is 45.5. The summed E-state index contributed by atoms with van der Waals surface area (Å²) in [5.41, 5.74) is 40.6. The predicted octanol–water partition coefficient (Wildman–Crippen LogP) is 36.7. The van der Waals surface area contributed by atoms with Gasteiger partial charge in [0.1, 0.15) is 0 Å².